The van der Waals surface area contributed by atoms with Gasteiger partial charge in [0.2, 0.25) is 0 Å². The zero-order valence-electron chi connectivity index (χ0n) is 6.51. The fourth-order valence-corrected chi connectivity index (χ4v) is 2.00. The van der Waals surface area contributed by atoms with E-state index in [2.05, 4.69) is 45.8 Å². The van der Waals surface area contributed by atoms with Gasteiger partial charge < -0.3 is 0 Å². The predicted octanol–water partition coefficient (Wildman–Crippen LogP) is 3.94. The van der Waals surface area contributed by atoms with E-state index in [1.807, 2.05) is 0 Å². The molecule has 2 heteroatoms. The Hall–Kier alpha value is -0.0800. The van der Waals surface area contributed by atoms with Crippen LogP contribution in [0.2, 0.25) is 0 Å². The molecule has 0 fully saturated rings. The molecule has 60 valence electrons. The molecule has 0 aliphatic heterocycles. The number of halogens is 1. The van der Waals surface area contributed by atoms with Gasteiger partial charge in [-0.3, -0.25) is 0 Å². The maximum Gasteiger partial charge on any atom is 0.0245 e. The molecule has 0 aromatic carbocycles. The second kappa shape index (κ2) is 4.73. The first-order valence-corrected chi connectivity index (χ1v) is 5.71. The number of thiophene rings is 1. The molecule has 0 nitrogen and oxygen atoms in total. The van der Waals surface area contributed by atoms with Crippen molar-refractivity contribution in [1.29, 1.82) is 0 Å². The van der Waals surface area contributed by atoms with E-state index in [4.69, 9.17) is 0 Å². The lowest BCUT2D eigenvalue weighted by Crippen LogP contribution is -1.79. The van der Waals surface area contributed by atoms with Crippen molar-refractivity contribution < 1.29 is 0 Å². The lowest BCUT2D eigenvalue weighted by atomic mass is 10.2. The summed E-state index contributed by atoms with van der Waals surface area (Å²) in [5.41, 5.74) is 2.77. The molecule has 1 aromatic rings. The van der Waals surface area contributed by atoms with Gasteiger partial charge in [0.05, 0.1) is 0 Å². The number of rotatable bonds is 3. The Morgan fingerprint density at radius 3 is 3.00 bits per heavy atom. The van der Waals surface area contributed by atoms with Gasteiger partial charge in [-0.15, -0.1) is 0 Å². The highest BCUT2D eigenvalue weighted by atomic mass is 79.9. The van der Waals surface area contributed by atoms with Gasteiger partial charge in [-0.1, -0.05) is 34.5 Å². The number of allylic oxidation sites excluding steroid dienone is 1. The van der Waals surface area contributed by atoms with E-state index >= 15 is 0 Å². The van der Waals surface area contributed by atoms with Gasteiger partial charge in [-0.25, -0.2) is 0 Å². The third kappa shape index (κ3) is 2.80. The van der Waals surface area contributed by atoms with Crippen LogP contribution in [0.3, 0.4) is 0 Å². The topological polar surface area (TPSA) is 0 Å². The van der Waals surface area contributed by atoms with E-state index in [9.17, 15) is 0 Å². The zero-order valence-corrected chi connectivity index (χ0v) is 8.91. The van der Waals surface area contributed by atoms with E-state index in [-0.39, 0.29) is 0 Å². The molecule has 11 heavy (non-hydrogen) atoms. The van der Waals surface area contributed by atoms with Gasteiger partial charge in [0, 0.05) is 5.33 Å². The van der Waals surface area contributed by atoms with Crippen molar-refractivity contribution in [2.24, 2.45) is 0 Å². The molecule has 0 aliphatic carbocycles. The summed E-state index contributed by atoms with van der Waals surface area (Å²) in [5, 5.41) is 5.25. The molecule has 1 aromatic heterocycles. The van der Waals surface area contributed by atoms with Crippen molar-refractivity contribution in [3.63, 3.8) is 0 Å². The molecular formula is C9H11BrS. The third-order valence-corrected chi connectivity index (χ3v) is 2.96. The van der Waals surface area contributed by atoms with Crippen LogP contribution in [-0.2, 0) is 0 Å². The minimum Gasteiger partial charge on any atom is -0.152 e. The van der Waals surface area contributed by atoms with Gasteiger partial charge in [0.15, 0.2) is 0 Å². The van der Waals surface area contributed by atoms with E-state index in [1.54, 1.807) is 11.3 Å². The molecule has 0 unspecified atom stereocenters. The van der Waals surface area contributed by atoms with Crippen molar-refractivity contribution in [3.8, 4) is 0 Å². The van der Waals surface area contributed by atoms with E-state index in [0.717, 1.165) is 11.8 Å². The van der Waals surface area contributed by atoms with Crippen molar-refractivity contribution in [2.45, 2.75) is 13.3 Å². The summed E-state index contributed by atoms with van der Waals surface area (Å²) in [6, 6.07) is 2.14. The van der Waals surface area contributed by atoms with Crippen LogP contribution in [0.5, 0.6) is 0 Å². The second-order valence-corrected chi connectivity index (χ2v) is 3.69. The van der Waals surface area contributed by atoms with Crippen LogP contribution in [0.1, 0.15) is 18.9 Å². The van der Waals surface area contributed by atoms with Crippen molar-refractivity contribution in [2.75, 3.05) is 5.33 Å². The molecule has 0 spiro atoms. The summed E-state index contributed by atoms with van der Waals surface area (Å²) >= 11 is 5.20. The highest BCUT2D eigenvalue weighted by Gasteiger charge is 1.92. The van der Waals surface area contributed by atoms with E-state index < -0.39 is 0 Å². The molecule has 0 radical (unpaired) electrons. The maximum absolute atomic E-state index is 3.46. The first kappa shape index (κ1) is 9.01. The summed E-state index contributed by atoms with van der Waals surface area (Å²) in [6.07, 6.45) is 3.37. The molecule has 0 N–H and O–H groups in total. The van der Waals surface area contributed by atoms with Crippen LogP contribution >= 0.6 is 27.3 Å². The average Bonchev–Trinajstić information content (AvgIpc) is 2.52. The Balaban J connectivity index is 2.71. The Morgan fingerprint density at radius 2 is 2.55 bits per heavy atom. The fourth-order valence-electron chi connectivity index (χ4n) is 0.828. The van der Waals surface area contributed by atoms with E-state index in [0.29, 0.717) is 0 Å². The Kier molecular flexibility index (Phi) is 3.87. The highest BCUT2D eigenvalue weighted by molar-refractivity contribution is 9.09. The largest absolute Gasteiger partial charge is 0.152 e. The zero-order chi connectivity index (χ0) is 8.10. The molecule has 0 saturated carbocycles. The summed E-state index contributed by atoms with van der Waals surface area (Å²) in [5.74, 6) is 0. The summed E-state index contributed by atoms with van der Waals surface area (Å²) < 4.78 is 0. The first-order chi connectivity index (χ1) is 5.36. The molecule has 0 amide bonds. The molecule has 1 rings (SSSR count). The summed E-state index contributed by atoms with van der Waals surface area (Å²) in [4.78, 5) is 0. The molecule has 1 heterocycles. The van der Waals surface area contributed by atoms with Crippen LogP contribution < -0.4 is 0 Å². The van der Waals surface area contributed by atoms with Crippen molar-refractivity contribution in [1.82, 2.24) is 0 Å². The second-order valence-electron chi connectivity index (χ2n) is 2.35. The normalized spacial score (nSPS) is 12.0. The van der Waals surface area contributed by atoms with Crippen LogP contribution in [0.4, 0.5) is 0 Å². The van der Waals surface area contributed by atoms with Crippen LogP contribution in [0, 0.1) is 0 Å². The molecule has 0 bridgehead atoms. The van der Waals surface area contributed by atoms with Crippen LogP contribution in [-0.4, -0.2) is 5.33 Å². The van der Waals surface area contributed by atoms with Crippen LogP contribution in [0.25, 0.3) is 6.08 Å². The molecular weight excluding hydrogens is 220 g/mol. The number of hydrogen-bond acceptors (Lipinski definition) is 1. The van der Waals surface area contributed by atoms with E-state index in [1.165, 1.54) is 11.1 Å². The summed E-state index contributed by atoms with van der Waals surface area (Å²) in [6.45, 7) is 2.18. The maximum atomic E-state index is 3.46. The molecule has 0 aliphatic rings. The lowest BCUT2D eigenvalue weighted by Gasteiger charge is -1.95. The Labute approximate surface area is 80.1 Å². The lowest BCUT2D eigenvalue weighted by molar-refractivity contribution is 1.12. The minimum absolute atomic E-state index is 0.985. The van der Waals surface area contributed by atoms with Crippen molar-refractivity contribution in [3.05, 3.63) is 28.0 Å². The van der Waals surface area contributed by atoms with Gasteiger partial charge in [0.25, 0.3) is 0 Å². The van der Waals surface area contributed by atoms with Gasteiger partial charge in [0.1, 0.15) is 0 Å². The SMILES string of the molecule is CCC(=Cc1ccsc1)CBr. The Morgan fingerprint density at radius 1 is 1.73 bits per heavy atom. The predicted molar refractivity (Wildman–Crippen MR) is 56.4 cm³/mol. The Bertz CT molecular complexity index is 218. The van der Waals surface area contributed by atoms with Crippen molar-refractivity contribution >= 4 is 33.3 Å². The van der Waals surface area contributed by atoms with Crippen LogP contribution in [0.15, 0.2) is 22.4 Å². The number of hydrogen-bond donors (Lipinski definition) is 0. The quantitative estimate of drug-likeness (QED) is 0.691. The molecule has 0 atom stereocenters. The standard InChI is InChI=1S/C9H11BrS/c1-2-8(6-10)5-9-3-4-11-7-9/h3-5,7H,2,6H2,1H3. The average molecular weight is 231 g/mol. The highest BCUT2D eigenvalue weighted by Crippen LogP contribution is 2.14. The smallest absolute Gasteiger partial charge is 0.0245 e. The minimum atomic E-state index is 0.985. The first-order valence-electron chi connectivity index (χ1n) is 3.64. The van der Waals surface area contributed by atoms with Gasteiger partial charge in [-0.05, 0) is 28.8 Å². The summed E-state index contributed by atoms with van der Waals surface area (Å²) in [7, 11) is 0. The van der Waals surface area contributed by atoms with Gasteiger partial charge >= 0.3 is 0 Å². The monoisotopic (exact) mass is 230 g/mol. The fraction of sp³-hybridized carbons (Fsp3) is 0.333. The third-order valence-electron chi connectivity index (χ3n) is 1.54. The van der Waals surface area contributed by atoms with Gasteiger partial charge in [-0.2, -0.15) is 11.3 Å². The number of alkyl halides is 1. The molecule has 0 saturated heterocycles.